The molecule has 1 unspecified atom stereocenters. The lowest BCUT2D eigenvalue weighted by Gasteiger charge is -2.28. The van der Waals surface area contributed by atoms with Crippen LogP contribution in [0.5, 0.6) is 5.75 Å². The van der Waals surface area contributed by atoms with Crippen LogP contribution in [0, 0.1) is 0 Å². The van der Waals surface area contributed by atoms with E-state index < -0.39 is 6.04 Å². The zero-order valence-electron chi connectivity index (χ0n) is 17.4. The van der Waals surface area contributed by atoms with Gasteiger partial charge in [-0.05, 0) is 43.5 Å². The summed E-state index contributed by atoms with van der Waals surface area (Å²) in [4.78, 5) is 27.1. The summed E-state index contributed by atoms with van der Waals surface area (Å²) in [7, 11) is 0. The Morgan fingerprint density at radius 2 is 1.93 bits per heavy atom. The first kappa shape index (κ1) is 24.2. The van der Waals surface area contributed by atoms with E-state index >= 15 is 0 Å². The SMILES string of the molecule is CCCCNC(=O)C(C)N(CCc1ccccc1)C(=O)COc1ccc(Br)cc1Cl. The van der Waals surface area contributed by atoms with E-state index in [4.69, 9.17) is 16.3 Å². The van der Waals surface area contributed by atoms with Gasteiger partial charge in [0.25, 0.3) is 5.91 Å². The van der Waals surface area contributed by atoms with Crippen LogP contribution in [0.1, 0.15) is 32.3 Å². The number of benzene rings is 2. The van der Waals surface area contributed by atoms with Gasteiger partial charge >= 0.3 is 0 Å². The van der Waals surface area contributed by atoms with E-state index in [0.717, 1.165) is 22.9 Å². The number of carbonyl (C=O) groups excluding carboxylic acids is 2. The zero-order chi connectivity index (χ0) is 21.9. The zero-order valence-corrected chi connectivity index (χ0v) is 19.7. The van der Waals surface area contributed by atoms with Crippen LogP contribution in [0.25, 0.3) is 0 Å². The molecule has 0 heterocycles. The molecule has 0 bridgehead atoms. The molecule has 0 aliphatic heterocycles. The number of halogens is 2. The minimum atomic E-state index is -0.595. The molecule has 0 spiro atoms. The Kier molecular flexibility index (Phi) is 10.2. The second kappa shape index (κ2) is 12.6. The first-order chi connectivity index (χ1) is 14.4. The van der Waals surface area contributed by atoms with Crippen molar-refractivity contribution in [3.8, 4) is 5.75 Å². The van der Waals surface area contributed by atoms with Crippen LogP contribution in [0.3, 0.4) is 0 Å². The fraction of sp³-hybridized carbons (Fsp3) is 0.391. The molecule has 0 aliphatic carbocycles. The summed E-state index contributed by atoms with van der Waals surface area (Å²) in [5.74, 6) is 0.00544. The van der Waals surface area contributed by atoms with Gasteiger partial charge in [0.05, 0.1) is 5.02 Å². The standard InChI is InChI=1S/C23H28BrClN2O3/c1-3-4-13-26-23(29)17(2)27(14-12-18-8-6-5-7-9-18)22(28)16-30-21-11-10-19(24)15-20(21)25/h5-11,15,17H,3-4,12-14,16H2,1-2H3,(H,26,29). The molecule has 2 aromatic rings. The highest BCUT2D eigenvalue weighted by molar-refractivity contribution is 9.10. The summed E-state index contributed by atoms with van der Waals surface area (Å²) < 4.78 is 6.47. The quantitative estimate of drug-likeness (QED) is 0.453. The van der Waals surface area contributed by atoms with Gasteiger partial charge in [-0.3, -0.25) is 9.59 Å². The van der Waals surface area contributed by atoms with Crippen molar-refractivity contribution in [2.24, 2.45) is 0 Å². The molecule has 0 radical (unpaired) electrons. The van der Waals surface area contributed by atoms with Crippen molar-refractivity contribution in [2.45, 2.75) is 39.2 Å². The topological polar surface area (TPSA) is 58.6 Å². The Labute approximate surface area is 191 Å². The minimum Gasteiger partial charge on any atom is -0.482 e. The van der Waals surface area contributed by atoms with Crippen molar-refractivity contribution in [1.29, 1.82) is 0 Å². The van der Waals surface area contributed by atoms with Crippen molar-refractivity contribution in [1.82, 2.24) is 10.2 Å². The molecule has 1 atom stereocenters. The van der Waals surface area contributed by atoms with Crippen LogP contribution in [0.2, 0.25) is 5.02 Å². The molecule has 1 N–H and O–H groups in total. The number of nitrogens with one attached hydrogen (secondary N) is 1. The van der Waals surface area contributed by atoms with Crippen LogP contribution in [0.15, 0.2) is 53.0 Å². The Hall–Kier alpha value is -2.05. The number of hydrogen-bond donors (Lipinski definition) is 1. The molecule has 7 heteroatoms. The van der Waals surface area contributed by atoms with Gasteiger partial charge in [0, 0.05) is 17.6 Å². The van der Waals surface area contributed by atoms with Crippen molar-refractivity contribution in [3.63, 3.8) is 0 Å². The number of rotatable bonds is 11. The molecule has 2 rings (SSSR count). The van der Waals surface area contributed by atoms with Crippen LogP contribution >= 0.6 is 27.5 Å². The van der Waals surface area contributed by atoms with E-state index in [-0.39, 0.29) is 18.4 Å². The van der Waals surface area contributed by atoms with E-state index in [2.05, 4.69) is 28.2 Å². The van der Waals surface area contributed by atoms with Crippen LogP contribution in [-0.4, -0.2) is 42.5 Å². The normalized spacial score (nSPS) is 11.6. The summed E-state index contributed by atoms with van der Waals surface area (Å²) in [6.45, 7) is 4.64. The minimum absolute atomic E-state index is 0.161. The molecule has 2 aromatic carbocycles. The van der Waals surface area contributed by atoms with Crippen molar-refractivity contribution >= 4 is 39.3 Å². The number of ether oxygens (including phenoxy) is 1. The molecule has 0 saturated heterocycles. The number of amides is 2. The molecule has 0 aliphatic rings. The largest absolute Gasteiger partial charge is 0.482 e. The lowest BCUT2D eigenvalue weighted by Crippen LogP contribution is -2.50. The van der Waals surface area contributed by atoms with Crippen molar-refractivity contribution in [3.05, 3.63) is 63.6 Å². The van der Waals surface area contributed by atoms with E-state index in [9.17, 15) is 9.59 Å². The maximum Gasteiger partial charge on any atom is 0.261 e. The Bertz CT molecular complexity index is 832. The van der Waals surface area contributed by atoms with Gasteiger partial charge in [-0.1, -0.05) is 71.2 Å². The van der Waals surface area contributed by atoms with E-state index in [1.165, 1.54) is 0 Å². The highest BCUT2D eigenvalue weighted by atomic mass is 79.9. The highest BCUT2D eigenvalue weighted by Crippen LogP contribution is 2.27. The van der Waals surface area contributed by atoms with Gasteiger partial charge in [0.15, 0.2) is 6.61 Å². The lowest BCUT2D eigenvalue weighted by atomic mass is 10.1. The third kappa shape index (κ3) is 7.65. The van der Waals surface area contributed by atoms with E-state index in [1.807, 2.05) is 30.3 Å². The summed E-state index contributed by atoms with van der Waals surface area (Å²) in [6, 6.07) is 14.5. The molecular weight excluding hydrogens is 468 g/mol. The molecule has 0 saturated carbocycles. The molecule has 30 heavy (non-hydrogen) atoms. The molecule has 162 valence electrons. The Morgan fingerprint density at radius 3 is 2.60 bits per heavy atom. The summed E-state index contributed by atoms with van der Waals surface area (Å²) in [5, 5.41) is 3.32. The smallest absolute Gasteiger partial charge is 0.261 e. The fourth-order valence-corrected chi connectivity index (χ4v) is 3.65. The number of hydrogen-bond acceptors (Lipinski definition) is 3. The Morgan fingerprint density at radius 1 is 1.20 bits per heavy atom. The van der Waals surface area contributed by atoms with Crippen LogP contribution in [-0.2, 0) is 16.0 Å². The lowest BCUT2D eigenvalue weighted by molar-refractivity contribution is -0.141. The molecule has 0 fully saturated rings. The number of nitrogens with zero attached hydrogens (tertiary/aromatic N) is 1. The predicted octanol–water partition coefficient (Wildman–Crippen LogP) is 4.86. The second-order valence-corrected chi connectivity index (χ2v) is 8.33. The van der Waals surface area contributed by atoms with Crippen LogP contribution in [0.4, 0.5) is 0 Å². The first-order valence-electron chi connectivity index (χ1n) is 10.1. The number of carbonyl (C=O) groups is 2. The van der Waals surface area contributed by atoms with Gasteiger partial charge in [0.2, 0.25) is 5.91 Å². The average molecular weight is 496 g/mol. The summed E-state index contributed by atoms with van der Waals surface area (Å²) >= 11 is 9.52. The second-order valence-electron chi connectivity index (χ2n) is 7.01. The molecule has 2 amide bonds. The molecule has 0 aromatic heterocycles. The molecule has 5 nitrogen and oxygen atoms in total. The van der Waals surface area contributed by atoms with Gasteiger partial charge in [0.1, 0.15) is 11.8 Å². The highest BCUT2D eigenvalue weighted by Gasteiger charge is 2.26. The molecular formula is C23H28BrClN2O3. The van der Waals surface area contributed by atoms with Gasteiger partial charge in [-0.15, -0.1) is 0 Å². The van der Waals surface area contributed by atoms with E-state index in [0.29, 0.717) is 30.3 Å². The summed E-state index contributed by atoms with van der Waals surface area (Å²) in [5.41, 5.74) is 1.10. The van der Waals surface area contributed by atoms with Gasteiger partial charge in [-0.2, -0.15) is 0 Å². The average Bonchev–Trinajstić information content (AvgIpc) is 2.74. The van der Waals surface area contributed by atoms with E-state index in [1.54, 1.807) is 30.0 Å². The predicted molar refractivity (Wildman–Crippen MR) is 124 cm³/mol. The summed E-state index contributed by atoms with van der Waals surface area (Å²) in [6.07, 6.45) is 2.55. The monoisotopic (exact) mass is 494 g/mol. The maximum atomic E-state index is 13.0. The number of unbranched alkanes of at least 4 members (excludes halogenated alkanes) is 1. The van der Waals surface area contributed by atoms with Gasteiger partial charge < -0.3 is 15.0 Å². The van der Waals surface area contributed by atoms with Crippen molar-refractivity contribution in [2.75, 3.05) is 19.7 Å². The first-order valence-corrected chi connectivity index (χ1v) is 11.3. The fourth-order valence-electron chi connectivity index (χ4n) is 2.92. The van der Waals surface area contributed by atoms with Crippen LogP contribution < -0.4 is 10.1 Å². The van der Waals surface area contributed by atoms with Gasteiger partial charge in [-0.25, -0.2) is 0 Å². The van der Waals surface area contributed by atoms with Crippen molar-refractivity contribution < 1.29 is 14.3 Å². The third-order valence-corrected chi connectivity index (χ3v) is 5.51. The third-order valence-electron chi connectivity index (χ3n) is 4.73. The maximum absolute atomic E-state index is 13.0. The Balaban J connectivity index is 2.05.